The van der Waals surface area contributed by atoms with Crippen LogP contribution >= 0.6 is 11.3 Å². The maximum atomic E-state index is 4.88. The van der Waals surface area contributed by atoms with Gasteiger partial charge < -0.3 is 0 Å². The average molecular weight is 353 g/mol. The third kappa shape index (κ3) is 2.61. The van der Waals surface area contributed by atoms with Gasteiger partial charge in [-0.3, -0.25) is 0 Å². The summed E-state index contributed by atoms with van der Waals surface area (Å²) < 4.78 is 3.12. The van der Waals surface area contributed by atoms with Gasteiger partial charge in [-0.1, -0.05) is 60.7 Å². The molecule has 3 nitrogen and oxygen atoms in total. The summed E-state index contributed by atoms with van der Waals surface area (Å²) in [5.41, 5.74) is 5.17. The topological polar surface area (TPSA) is 30.7 Å². The van der Waals surface area contributed by atoms with Gasteiger partial charge in [-0.25, -0.2) is 9.67 Å². The van der Waals surface area contributed by atoms with Crippen molar-refractivity contribution >= 4 is 21.6 Å². The Hall–Kier alpha value is -3.24. The number of benzene rings is 3. The van der Waals surface area contributed by atoms with E-state index in [1.807, 2.05) is 47.1 Å². The molecule has 2 heterocycles. The van der Waals surface area contributed by atoms with Gasteiger partial charge in [0.2, 0.25) is 0 Å². The van der Waals surface area contributed by atoms with Crippen LogP contribution in [-0.4, -0.2) is 14.8 Å². The number of aromatic nitrogens is 3. The molecule has 5 rings (SSSR count). The van der Waals surface area contributed by atoms with Crippen molar-refractivity contribution < 1.29 is 0 Å². The minimum atomic E-state index is 0.952. The Bertz CT molecular complexity index is 1140. The van der Waals surface area contributed by atoms with Crippen LogP contribution in [-0.2, 0) is 0 Å². The SMILES string of the molecule is c1ccc(-c2nn(-c3ccccc3)cc2-c2nc3ccccc3s2)cc1. The second-order valence-corrected chi connectivity index (χ2v) is 7.05. The highest BCUT2D eigenvalue weighted by molar-refractivity contribution is 7.21. The van der Waals surface area contributed by atoms with Gasteiger partial charge in [0.05, 0.1) is 21.5 Å². The van der Waals surface area contributed by atoms with E-state index < -0.39 is 0 Å². The maximum absolute atomic E-state index is 4.88. The Morgan fingerprint density at radius 2 is 1.42 bits per heavy atom. The number of thiazole rings is 1. The molecule has 0 radical (unpaired) electrons. The molecule has 0 saturated carbocycles. The van der Waals surface area contributed by atoms with Gasteiger partial charge >= 0.3 is 0 Å². The maximum Gasteiger partial charge on any atom is 0.128 e. The molecule has 0 aliphatic heterocycles. The van der Waals surface area contributed by atoms with E-state index in [1.54, 1.807) is 11.3 Å². The summed E-state index contributed by atoms with van der Waals surface area (Å²) in [7, 11) is 0. The van der Waals surface area contributed by atoms with Crippen molar-refractivity contribution in [3.63, 3.8) is 0 Å². The number of para-hydroxylation sites is 2. The molecule has 0 aliphatic carbocycles. The number of hydrogen-bond donors (Lipinski definition) is 0. The highest BCUT2D eigenvalue weighted by atomic mass is 32.1. The third-order valence-electron chi connectivity index (χ3n) is 4.31. The standard InChI is InChI=1S/C22H15N3S/c1-3-9-16(10-4-1)21-18(15-25(24-21)17-11-5-2-6-12-17)22-23-19-13-7-8-14-20(19)26-22/h1-15H. The highest BCUT2D eigenvalue weighted by Gasteiger charge is 2.17. The van der Waals surface area contributed by atoms with Crippen LogP contribution in [0.2, 0.25) is 0 Å². The van der Waals surface area contributed by atoms with E-state index >= 15 is 0 Å². The van der Waals surface area contributed by atoms with E-state index in [0.29, 0.717) is 0 Å². The van der Waals surface area contributed by atoms with Gasteiger partial charge in [-0.05, 0) is 24.3 Å². The number of hydrogen-bond acceptors (Lipinski definition) is 3. The fraction of sp³-hybridized carbons (Fsp3) is 0. The molecule has 0 saturated heterocycles. The molecule has 0 bridgehead atoms. The molecular weight excluding hydrogens is 338 g/mol. The molecule has 3 aromatic carbocycles. The van der Waals surface area contributed by atoms with Crippen LogP contribution in [0, 0.1) is 0 Å². The van der Waals surface area contributed by atoms with Crippen LogP contribution in [0.5, 0.6) is 0 Å². The Morgan fingerprint density at radius 3 is 2.19 bits per heavy atom. The van der Waals surface area contributed by atoms with Gasteiger partial charge in [0.1, 0.15) is 10.7 Å². The molecule has 26 heavy (non-hydrogen) atoms. The molecule has 0 spiro atoms. The first-order valence-electron chi connectivity index (χ1n) is 8.45. The average Bonchev–Trinajstić information content (AvgIpc) is 3.33. The fourth-order valence-corrected chi connectivity index (χ4v) is 4.02. The van der Waals surface area contributed by atoms with Crippen molar-refractivity contribution in [3.8, 4) is 27.5 Å². The van der Waals surface area contributed by atoms with Crippen LogP contribution in [0.3, 0.4) is 0 Å². The predicted octanol–water partition coefficient (Wildman–Crippen LogP) is 5.82. The van der Waals surface area contributed by atoms with Crippen LogP contribution in [0.4, 0.5) is 0 Å². The summed E-state index contributed by atoms with van der Waals surface area (Å²) in [6.45, 7) is 0. The Balaban J connectivity index is 1.73. The van der Waals surface area contributed by atoms with Gasteiger partial charge in [-0.15, -0.1) is 11.3 Å². The first-order valence-corrected chi connectivity index (χ1v) is 9.26. The van der Waals surface area contributed by atoms with E-state index in [0.717, 1.165) is 33.0 Å². The summed E-state index contributed by atoms with van der Waals surface area (Å²) in [4.78, 5) is 4.84. The summed E-state index contributed by atoms with van der Waals surface area (Å²) in [5, 5.41) is 5.87. The first-order chi connectivity index (χ1) is 12.9. The van der Waals surface area contributed by atoms with Gasteiger partial charge in [0.25, 0.3) is 0 Å². The molecule has 5 aromatic rings. The van der Waals surface area contributed by atoms with Crippen LogP contribution in [0.1, 0.15) is 0 Å². The monoisotopic (exact) mass is 353 g/mol. The van der Waals surface area contributed by atoms with Gasteiger partial charge in [0, 0.05) is 11.8 Å². The lowest BCUT2D eigenvalue weighted by molar-refractivity contribution is 0.884. The lowest BCUT2D eigenvalue weighted by atomic mass is 10.1. The highest BCUT2D eigenvalue weighted by Crippen LogP contribution is 2.36. The minimum Gasteiger partial charge on any atom is -0.240 e. The van der Waals surface area contributed by atoms with Crippen molar-refractivity contribution in [2.24, 2.45) is 0 Å². The molecular formula is C22H15N3S. The Kier molecular flexibility index (Phi) is 3.61. The van der Waals surface area contributed by atoms with Crippen LogP contribution in [0.15, 0.2) is 91.1 Å². The molecule has 0 aliphatic rings. The molecule has 124 valence electrons. The molecule has 0 atom stereocenters. The van der Waals surface area contributed by atoms with E-state index in [1.165, 1.54) is 4.70 Å². The molecule has 0 unspecified atom stereocenters. The number of nitrogens with zero attached hydrogens (tertiary/aromatic N) is 3. The molecule has 4 heteroatoms. The summed E-state index contributed by atoms with van der Waals surface area (Å²) in [6, 6.07) is 28.7. The van der Waals surface area contributed by atoms with Crippen molar-refractivity contribution in [2.45, 2.75) is 0 Å². The Labute approximate surface area is 155 Å². The minimum absolute atomic E-state index is 0.952. The molecule has 0 amide bonds. The van der Waals surface area contributed by atoms with Crippen molar-refractivity contribution in [1.82, 2.24) is 14.8 Å². The fourth-order valence-electron chi connectivity index (χ4n) is 3.04. The summed E-state index contributed by atoms with van der Waals surface area (Å²) in [6.07, 6.45) is 2.08. The van der Waals surface area contributed by atoms with Crippen molar-refractivity contribution in [1.29, 1.82) is 0 Å². The third-order valence-corrected chi connectivity index (χ3v) is 5.38. The zero-order valence-electron chi connectivity index (χ0n) is 13.9. The zero-order chi connectivity index (χ0) is 17.3. The molecule has 0 N–H and O–H groups in total. The lowest BCUT2D eigenvalue weighted by Gasteiger charge is -2.00. The zero-order valence-corrected chi connectivity index (χ0v) is 14.7. The van der Waals surface area contributed by atoms with E-state index in [-0.39, 0.29) is 0 Å². The Morgan fingerprint density at radius 1 is 0.731 bits per heavy atom. The number of rotatable bonds is 3. The van der Waals surface area contributed by atoms with E-state index in [4.69, 9.17) is 10.1 Å². The largest absolute Gasteiger partial charge is 0.240 e. The second kappa shape index (κ2) is 6.24. The lowest BCUT2D eigenvalue weighted by Crippen LogP contribution is -1.93. The smallest absolute Gasteiger partial charge is 0.128 e. The first kappa shape index (κ1) is 15.0. The van der Waals surface area contributed by atoms with Gasteiger partial charge in [-0.2, -0.15) is 5.10 Å². The predicted molar refractivity (Wildman–Crippen MR) is 108 cm³/mol. The molecule has 2 aromatic heterocycles. The normalized spacial score (nSPS) is 11.1. The van der Waals surface area contributed by atoms with Crippen molar-refractivity contribution in [3.05, 3.63) is 91.1 Å². The van der Waals surface area contributed by atoms with Crippen LogP contribution in [0.25, 0.3) is 37.7 Å². The number of fused-ring (bicyclic) bond motifs is 1. The summed E-state index contributed by atoms with van der Waals surface area (Å²) in [5.74, 6) is 0. The van der Waals surface area contributed by atoms with Crippen LogP contribution < -0.4 is 0 Å². The van der Waals surface area contributed by atoms with Crippen molar-refractivity contribution in [2.75, 3.05) is 0 Å². The van der Waals surface area contributed by atoms with E-state index in [9.17, 15) is 0 Å². The summed E-state index contributed by atoms with van der Waals surface area (Å²) >= 11 is 1.70. The molecule has 0 fully saturated rings. The second-order valence-electron chi connectivity index (χ2n) is 6.02. The van der Waals surface area contributed by atoms with E-state index in [2.05, 4.69) is 48.7 Å². The quantitative estimate of drug-likeness (QED) is 0.409. The van der Waals surface area contributed by atoms with Gasteiger partial charge in [0.15, 0.2) is 0 Å².